The fraction of sp³-hybridized carbons (Fsp3) is 0.929. The molecule has 0 saturated carbocycles. The summed E-state index contributed by atoms with van der Waals surface area (Å²) in [4.78, 5) is 13.5. The minimum atomic E-state index is -0.157. The minimum absolute atomic E-state index is 0.157. The summed E-state index contributed by atoms with van der Waals surface area (Å²) in [5, 5.41) is 0. The Bertz CT molecular complexity index is 225. The third kappa shape index (κ3) is 5.71. The molecule has 0 N–H and O–H groups in total. The maximum absolute atomic E-state index is 11.7. The van der Waals surface area contributed by atoms with Crippen LogP contribution in [0.25, 0.3) is 0 Å². The summed E-state index contributed by atoms with van der Waals surface area (Å²) in [7, 11) is 0. The highest BCUT2D eigenvalue weighted by molar-refractivity contribution is 5.67. The van der Waals surface area contributed by atoms with Crippen LogP contribution in [0.15, 0.2) is 0 Å². The van der Waals surface area contributed by atoms with E-state index in [-0.39, 0.29) is 6.09 Å². The van der Waals surface area contributed by atoms with Crippen LogP contribution in [0.4, 0.5) is 4.79 Å². The molecule has 1 saturated heterocycles. The van der Waals surface area contributed by atoms with Crippen LogP contribution in [0.3, 0.4) is 0 Å². The molecule has 1 rings (SSSR count). The number of hydrogen-bond donors (Lipinski definition) is 0. The van der Waals surface area contributed by atoms with Gasteiger partial charge in [0.1, 0.15) is 0 Å². The van der Waals surface area contributed by atoms with E-state index in [4.69, 9.17) is 9.47 Å². The predicted octanol–water partition coefficient (Wildman–Crippen LogP) is 3.20. The summed E-state index contributed by atoms with van der Waals surface area (Å²) >= 11 is 0. The molecule has 1 heterocycles. The van der Waals surface area contributed by atoms with Gasteiger partial charge in [0.25, 0.3) is 0 Å². The van der Waals surface area contributed by atoms with Gasteiger partial charge in [0.2, 0.25) is 0 Å². The largest absolute Gasteiger partial charge is 0.449 e. The van der Waals surface area contributed by atoms with Gasteiger partial charge in [-0.1, -0.05) is 26.7 Å². The molecule has 0 unspecified atom stereocenters. The van der Waals surface area contributed by atoms with Gasteiger partial charge in [0.15, 0.2) is 0 Å². The van der Waals surface area contributed by atoms with E-state index >= 15 is 0 Å². The quantitative estimate of drug-likeness (QED) is 0.657. The Hall–Kier alpha value is -0.770. The lowest BCUT2D eigenvalue weighted by molar-refractivity contribution is 0.00470. The fourth-order valence-electron chi connectivity index (χ4n) is 1.99. The smallest absolute Gasteiger partial charge is 0.409 e. The van der Waals surface area contributed by atoms with E-state index in [0.29, 0.717) is 12.7 Å². The minimum Gasteiger partial charge on any atom is -0.449 e. The Labute approximate surface area is 111 Å². The summed E-state index contributed by atoms with van der Waals surface area (Å²) in [6, 6.07) is 0. The SMILES string of the molecule is CCCCOC(=O)N1CCC(OCCCC)CC1. The highest BCUT2D eigenvalue weighted by Gasteiger charge is 2.23. The first-order valence-corrected chi connectivity index (χ1v) is 7.31. The van der Waals surface area contributed by atoms with E-state index < -0.39 is 0 Å². The van der Waals surface area contributed by atoms with Crippen molar-refractivity contribution in [1.29, 1.82) is 0 Å². The van der Waals surface area contributed by atoms with E-state index in [2.05, 4.69) is 13.8 Å². The number of amides is 1. The van der Waals surface area contributed by atoms with Crippen molar-refractivity contribution in [2.45, 2.75) is 58.5 Å². The zero-order valence-corrected chi connectivity index (χ0v) is 11.8. The number of carbonyl (C=O) groups is 1. The second-order valence-electron chi connectivity index (χ2n) is 4.88. The second kappa shape index (κ2) is 9.20. The molecule has 106 valence electrons. The number of carbonyl (C=O) groups excluding carboxylic acids is 1. The van der Waals surface area contributed by atoms with Gasteiger partial charge < -0.3 is 14.4 Å². The molecule has 1 aliphatic heterocycles. The van der Waals surface area contributed by atoms with Crippen LogP contribution in [0.2, 0.25) is 0 Å². The number of rotatable bonds is 7. The monoisotopic (exact) mass is 257 g/mol. The number of hydrogen-bond acceptors (Lipinski definition) is 3. The highest BCUT2D eigenvalue weighted by atomic mass is 16.6. The van der Waals surface area contributed by atoms with E-state index in [9.17, 15) is 4.79 Å². The van der Waals surface area contributed by atoms with Crippen LogP contribution in [-0.4, -0.2) is 43.4 Å². The standard InChI is InChI=1S/C14H27NO3/c1-3-5-11-17-13-7-9-15(10-8-13)14(16)18-12-6-4-2/h13H,3-12H2,1-2H3. The summed E-state index contributed by atoms with van der Waals surface area (Å²) in [6.07, 6.45) is 6.34. The Morgan fingerprint density at radius 1 is 1.11 bits per heavy atom. The van der Waals surface area contributed by atoms with Gasteiger partial charge in [0.05, 0.1) is 12.7 Å². The molecule has 0 spiro atoms. The average Bonchev–Trinajstić information content (AvgIpc) is 2.40. The molecule has 0 aromatic carbocycles. The maximum Gasteiger partial charge on any atom is 0.409 e. The summed E-state index contributed by atoms with van der Waals surface area (Å²) < 4.78 is 11.0. The normalized spacial score (nSPS) is 16.9. The van der Waals surface area contributed by atoms with Gasteiger partial charge >= 0.3 is 6.09 Å². The number of piperidine rings is 1. The molecule has 0 aromatic rings. The first-order valence-electron chi connectivity index (χ1n) is 7.31. The number of unbranched alkanes of at least 4 members (excludes halogenated alkanes) is 2. The van der Waals surface area contributed by atoms with Crippen molar-refractivity contribution < 1.29 is 14.3 Å². The van der Waals surface area contributed by atoms with E-state index in [1.807, 2.05) is 0 Å². The second-order valence-corrected chi connectivity index (χ2v) is 4.88. The van der Waals surface area contributed by atoms with Gasteiger partial charge in [-0.3, -0.25) is 0 Å². The summed E-state index contributed by atoms with van der Waals surface area (Å²) in [5.41, 5.74) is 0. The van der Waals surface area contributed by atoms with Crippen LogP contribution in [0.5, 0.6) is 0 Å². The Morgan fingerprint density at radius 2 is 1.72 bits per heavy atom. The molecule has 0 aliphatic carbocycles. The zero-order valence-electron chi connectivity index (χ0n) is 11.8. The van der Waals surface area contributed by atoms with Crippen molar-refractivity contribution in [3.8, 4) is 0 Å². The van der Waals surface area contributed by atoms with Crippen molar-refractivity contribution in [3.63, 3.8) is 0 Å². The Balaban J connectivity index is 2.12. The van der Waals surface area contributed by atoms with Gasteiger partial charge in [-0.05, 0) is 25.7 Å². The molecule has 0 radical (unpaired) electrons. The first kappa shape index (κ1) is 15.3. The highest BCUT2D eigenvalue weighted by Crippen LogP contribution is 2.15. The van der Waals surface area contributed by atoms with Crippen molar-refractivity contribution in [2.24, 2.45) is 0 Å². The molecule has 0 bridgehead atoms. The molecular weight excluding hydrogens is 230 g/mol. The van der Waals surface area contributed by atoms with E-state index in [1.165, 1.54) is 6.42 Å². The van der Waals surface area contributed by atoms with Crippen LogP contribution in [0, 0.1) is 0 Å². The number of nitrogens with zero attached hydrogens (tertiary/aromatic N) is 1. The number of ether oxygens (including phenoxy) is 2. The maximum atomic E-state index is 11.7. The van der Waals surface area contributed by atoms with Crippen molar-refractivity contribution >= 4 is 6.09 Å². The molecule has 4 heteroatoms. The first-order chi connectivity index (χ1) is 8.77. The van der Waals surface area contributed by atoms with Crippen LogP contribution in [-0.2, 0) is 9.47 Å². The molecule has 0 atom stereocenters. The van der Waals surface area contributed by atoms with Gasteiger partial charge in [-0.25, -0.2) is 4.79 Å². The molecular formula is C14H27NO3. The fourth-order valence-corrected chi connectivity index (χ4v) is 1.99. The van der Waals surface area contributed by atoms with Gasteiger partial charge in [-0.15, -0.1) is 0 Å². The topological polar surface area (TPSA) is 38.8 Å². The Kier molecular flexibility index (Phi) is 7.81. The summed E-state index contributed by atoms with van der Waals surface area (Å²) in [6.45, 7) is 7.18. The van der Waals surface area contributed by atoms with Gasteiger partial charge in [0, 0.05) is 19.7 Å². The van der Waals surface area contributed by atoms with Crippen LogP contribution >= 0.6 is 0 Å². The molecule has 0 aromatic heterocycles. The summed E-state index contributed by atoms with van der Waals surface area (Å²) in [5.74, 6) is 0. The van der Waals surface area contributed by atoms with Crippen LogP contribution < -0.4 is 0 Å². The third-order valence-corrected chi connectivity index (χ3v) is 3.28. The molecule has 1 amide bonds. The van der Waals surface area contributed by atoms with Gasteiger partial charge in [-0.2, -0.15) is 0 Å². The van der Waals surface area contributed by atoms with E-state index in [0.717, 1.165) is 51.8 Å². The zero-order chi connectivity index (χ0) is 13.2. The lowest BCUT2D eigenvalue weighted by Crippen LogP contribution is -2.41. The van der Waals surface area contributed by atoms with Crippen LogP contribution in [0.1, 0.15) is 52.4 Å². The average molecular weight is 257 g/mol. The molecule has 1 fully saturated rings. The van der Waals surface area contributed by atoms with Crippen molar-refractivity contribution in [1.82, 2.24) is 4.90 Å². The van der Waals surface area contributed by atoms with Crippen molar-refractivity contribution in [2.75, 3.05) is 26.3 Å². The molecule has 18 heavy (non-hydrogen) atoms. The lowest BCUT2D eigenvalue weighted by atomic mass is 10.1. The third-order valence-electron chi connectivity index (χ3n) is 3.28. The lowest BCUT2D eigenvalue weighted by Gasteiger charge is -2.31. The van der Waals surface area contributed by atoms with E-state index in [1.54, 1.807) is 4.90 Å². The van der Waals surface area contributed by atoms with Crippen molar-refractivity contribution in [3.05, 3.63) is 0 Å². The molecule has 4 nitrogen and oxygen atoms in total. The predicted molar refractivity (Wildman–Crippen MR) is 71.7 cm³/mol. The Morgan fingerprint density at radius 3 is 2.33 bits per heavy atom. The molecule has 1 aliphatic rings. The number of likely N-dealkylation sites (tertiary alicyclic amines) is 1.